The summed E-state index contributed by atoms with van der Waals surface area (Å²) in [5.41, 5.74) is 6.81. The van der Waals surface area contributed by atoms with Crippen LogP contribution in [-0.2, 0) is 0 Å². The average Bonchev–Trinajstić information content (AvgIpc) is 3.51. The third-order valence-electron chi connectivity index (χ3n) is 6.31. The number of benzene rings is 5. The molecule has 0 saturated carbocycles. The summed E-state index contributed by atoms with van der Waals surface area (Å²) < 4.78 is 3.89. The molecule has 7 aromatic rings. The van der Waals surface area contributed by atoms with E-state index < -0.39 is 0 Å². The molecular weight excluding hydrogens is 464 g/mol. The van der Waals surface area contributed by atoms with Crippen molar-refractivity contribution in [1.29, 1.82) is 0 Å². The SMILES string of the molecule is c1ccc2sc(-c3ccc(Nc4ccc(-c5ccc6c(c5)sc5ccccc56)cc4)cc3)nc2c1. The van der Waals surface area contributed by atoms with Crippen LogP contribution in [0.4, 0.5) is 11.4 Å². The van der Waals surface area contributed by atoms with Crippen molar-refractivity contribution in [3.63, 3.8) is 0 Å². The second kappa shape index (κ2) is 8.35. The van der Waals surface area contributed by atoms with Crippen LogP contribution in [-0.4, -0.2) is 4.98 Å². The van der Waals surface area contributed by atoms with Crippen LogP contribution < -0.4 is 5.32 Å². The van der Waals surface area contributed by atoms with Gasteiger partial charge in [-0.05, 0) is 71.8 Å². The van der Waals surface area contributed by atoms with E-state index in [4.69, 9.17) is 4.98 Å². The minimum absolute atomic E-state index is 1.05. The van der Waals surface area contributed by atoms with Crippen molar-refractivity contribution < 1.29 is 0 Å². The highest BCUT2D eigenvalue weighted by molar-refractivity contribution is 7.25. The fourth-order valence-electron chi connectivity index (χ4n) is 4.51. The van der Waals surface area contributed by atoms with Gasteiger partial charge in [0.2, 0.25) is 0 Å². The Hall–Kier alpha value is -3.99. The van der Waals surface area contributed by atoms with Gasteiger partial charge in [-0.1, -0.05) is 54.6 Å². The van der Waals surface area contributed by atoms with Gasteiger partial charge in [-0.2, -0.15) is 0 Å². The quantitative estimate of drug-likeness (QED) is 0.269. The van der Waals surface area contributed by atoms with E-state index in [2.05, 4.69) is 115 Å². The van der Waals surface area contributed by atoms with Crippen molar-refractivity contribution >= 4 is 64.4 Å². The summed E-state index contributed by atoms with van der Waals surface area (Å²) >= 11 is 3.59. The molecule has 4 heteroatoms. The van der Waals surface area contributed by atoms with Crippen LogP contribution in [0, 0.1) is 0 Å². The molecule has 7 rings (SSSR count). The Bertz CT molecular complexity index is 1780. The maximum absolute atomic E-state index is 4.77. The van der Waals surface area contributed by atoms with Gasteiger partial charge in [0, 0.05) is 37.1 Å². The van der Waals surface area contributed by atoms with Gasteiger partial charge >= 0.3 is 0 Å². The Labute approximate surface area is 211 Å². The smallest absolute Gasteiger partial charge is 0.124 e. The Kier molecular flexibility index (Phi) is 4.86. The molecule has 1 N–H and O–H groups in total. The van der Waals surface area contributed by atoms with Crippen molar-refractivity contribution in [3.05, 3.63) is 115 Å². The molecule has 35 heavy (non-hydrogen) atoms. The minimum atomic E-state index is 1.05. The summed E-state index contributed by atoms with van der Waals surface area (Å²) in [6.07, 6.45) is 0. The van der Waals surface area contributed by atoms with Crippen molar-refractivity contribution in [2.45, 2.75) is 0 Å². The van der Waals surface area contributed by atoms with Gasteiger partial charge in [0.1, 0.15) is 5.01 Å². The van der Waals surface area contributed by atoms with Crippen LogP contribution in [0.15, 0.2) is 115 Å². The molecule has 0 aliphatic heterocycles. The summed E-state index contributed by atoms with van der Waals surface area (Å²) in [5, 5.41) is 7.25. The first-order chi connectivity index (χ1) is 17.3. The van der Waals surface area contributed by atoms with Crippen LogP contribution in [0.3, 0.4) is 0 Å². The number of nitrogens with one attached hydrogen (secondary N) is 1. The lowest BCUT2D eigenvalue weighted by Crippen LogP contribution is -1.90. The van der Waals surface area contributed by atoms with Crippen molar-refractivity contribution in [3.8, 4) is 21.7 Å². The van der Waals surface area contributed by atoms with E-state index >= 15 is 0 Å². The third kappa shape index (κ3) is 3.77. The monoisotopic (exact) mass is 484 g/mol. The lowest BCUT2D eigenvalue weighted by Gasteiger charge is -2.09. The topological polar surface area (TPSA) is 24.9 Å². The Morgan fingerprint density at radius 3 is 1.89 bits per heavy atom. The number of aromatic nitrogens is 1. The van der Waals surface area contributed by atoms with Gasteiger partial charge in [0.15, 0.2) is 0 Å². The number of thiazole rings is 1. The van der Waals surface area contributed by atoms with Crippen LogP contribution >= 0.6 is 22.7 Å². The molecule has 2 aromatic heterocycles. The molecule has 0 spiro atoms. The zero-order valence-corrected chi connectivity index (χ0v) is 20.4. The van der Waals surface area contributed by atoms with Gasteiger partial charge < -0.3 is 5.32 Å². The Balaban J connectivity index is 1.11. The first-order valence-corrected chi connectivity index (χ1v) is 13.2. The first-order valence-electron chi connectivity index (χ1n) is 11.5. The molecule has 0 saturated heterocycles. The van der Waals surface area contributed by atoms with Gasteiger partial charge in [-0.25, -0.2) is 4.98 Å². The van der Waals surface area contributed by atoms with Crippen LogP contribution in [0.2, 0.25) is 0 Å². The van der Waals surface area contributed by atoms with E-state index in [9.17, 15) is 0 Å². The minimum Gasteiger partial charge on any atom is -0.356 e. The molecule has 0 aliphatic rings. The van der Waals surface area contributed by atoms with E-state index in [1.807, 2.05) is 17.4 Å². The summed E-state index contributed by atoms with van der Waals surface area (Å²) in [4.78, 5) is 4.77. The molecule has 0 atom stereocenters. The van der Waals surface area contributed by atoms with Crippen molar-refractivity contribution in [2.75, 3.05) is 5.32 Å². The predicted octanol–water partition coefficient (Wildman–Crippen LogP) is 9.74. The fourth-order valence-corrected chi connectivity index (χ4v) is 6.63. The molecule has 0 radical (unpaired) electrons. The molecule has 5 aromatic carbocycles. The molecule has 2 nitrogen and oxygen atoms in total. The second-order valence-corrected chi connectivity index (χ2v) is 10.7. The molecule has 0 fully saturated rings. The maximum atomic E-state index is 4.77. The van der Waals surface area contributed by atoms with Gasteiger partial charge in [0.25, 0.3) is 0 Å². The zero-order chi connectivity index (χ0) is 23.2. The fraction of sp³-hybridized carbons (Fsp3) is 0. The summed E-state index contributed by atoms with van der Waals surface area (Å²) in [7, 11) is 0. The highest BCUT2D eigenvalue weighted by Gasteiger charge is 2.08. The molecule has 0 amide bonds. The number of anilines is 2. The Morgan fingerprint density at radius 1 is 0.486 bits per heavy atom. The normalized spacial score (nSPS) is 11.4. The van der Waals surface area contributed by atoms with E-state index in [0.29, 0.717) is 0 Å². The molecule has 166 valence electrons. The third-order valence-corrected chi connectivity index (χ3v) is 8.53. The second-order valence-electron chi connectivity index (χ2n) is 8.58. The summed E-state index contributed by atoms with van der Waals surface area (Å²) in [6.45, 7) is 0. The van der Waals surface area contributed by atoms with Crippen LogP contribution in [0.1, 0.15) is 0 Å². The number of thiophene rings is 1. The van der Waals surface area contributed by atoms with Gasteiger partial charge in [-0.3, -0.25) is 0 Å². The predicted molar refractivity (Wildman–Crippen MR) is 153 cm³/mol. The van der Waals surface area contributed by atoms with Crippen LogP contribution in [0.5, 0.6) is 0 Å². The first kappa shape index (κ1) is 20.4. The highest BCUT2D eigenvalue weighted by Crippen LogP contribution is 2.36. The molecule has 2 heterocycles. The van der Waals surface area contributed by atoms with Crippen molar-refractivity contribution in [1.82, 2.24) is 4.98 Å². The number of hydrogen-bond donors (Lipinski definition) is 1. The highest BCUT2D eigenvalue weighted by atomic mass is 32.1. The summed E-state index contributed by atoms with van der Waals surface area (Å²) in [6, 6.07) is 40.9. The lowest BCUT2D eigenvalue weighted by atomic mass is 10.0. The molecule has 0 aliphatic carbocycles. The molecule has 0 bridgehead atoms. The van der Waals surface area contributed by atoms with Crippen LogP contribution in [0.25, 0.3) is 52.1 Å². The van der Waals surface area contributed by atoms with Gasteiger partial charge in [0.05, 0.1) is 10.2 Å². The number of nitrogens with zero attached hydrogens (tertiary/aromatic N) is 1. The standard InChI is InChI=1S/C31H20N2S2/c1-3-7-28-25(5-1)26-18-13-22(19-30(26)34-28)20-9-14-23(15-10-20)32-24-16-11-21(12-17-24)31-33-27-6-2-4-8-29(27)35-31/h1-19,32H. The van der Waals surface area contributed by atoms with E-state index in [-0.39, 0.29) is 0 Å². The molecular formula is C31H20N2S2. The number of hydrogen-bond acceptors (Lipinski definition) is 4. The Morgan fingerprint density at radius 2 is 1.11 bits per heavy atom. The molecule has 0 unspecified atom stereocenters. The van der Waals surface area contributed by atoms with E-state index in [0.717, 1.165) is 27.5 Å². The van der Waals surface area contributed by atoms with E-state index in [1.54, 1.807) is 11.3 Å². The number of rotatable bonds is 4. The van der Waals surface area contributed by atoms with Gasteiger partial charge in [-0.15, -0.1) is 22.7 Å². The number of fused-ring (bicyclic) bond motifs is 4. The lowest BCUT2D eigenvalue weighted by molar-refractivity contribution is 1.47. The maximum Gasteiger partial charge on any atom is 0.124 e. The average molecular weight is 485 g/mol. The zero-order valence-electron chi connectivity index (χ0n) is 18.7. The largest absolute Gasteiger partial charge is 0.356 e. The number of para-hydroxylation sites is 1. The van der Waals surface area contributed by atoms with E-state index in [1.165, 1.54) is 36.0 Å². The summed E-state index contributed by atoms with van der Waals surface area (Å²) in [5.74, 6) is 0. The van der Waals surface area contributed by atoms with Crippen molar-refractivity contribution in [2.24, 2.45) is 0 Å².